The van der Waals surface area contributed by atoms with Crippen LogP contribution in [0.5, 0.6) is 0 Å². The standard InChI is InChI=1S/C16H32N2O2/c1-11(2)17-16(6,15(19)20)9-13(5)18(12(3)4)10-14-7-8-14/h11-14,17H,7-10H2,1-6H3,(H,19,20). The number of hydrogen-bond donors (Lipinski definition) is 2. The van der Waals surface area contributed by atoms with Gasteiger partial charge in [-0.05, 0) is 66.7 Å². The van der Waals surface area contributed by atoms with Crippen LogP contribution in [0.2, 0.25) is 0 Å². The lowest BCUT2D eigenvalue weighted by atomic mass is 9.91. The lowest BCUT2D eigenvalue weighted by Crippen LogP contribution is -2.56. The fourth-order valence-corrected chi connectivity index (χ4v) is 3.05. The van der Waals surface area contributed by atoms with Crippen molar-refractivity contribution in [3.05, 3.63) is 0 Å². The Morgan fingerprint density at radius 1 is 1.30 bits per heavy atom. The van der Waals surface area contributed by atoms with Gasteiger partial charge < -0.3 is 5.11 Å². The predicted octanol–water partition coefficient (Wildman–Crippen LogP) is 2.73. The SMILES string of the molecule is CC(C)NC(C)(CC(C)N(CC1CC1)C(C)C)C(=O)O. The highest BCUT2D eigenvalue weighted by Gasteiger charge is 2.38. The fraction of sp³-hybridized carbons (Fsp3) is 0.938. The molecule has 0 saturated heterocycles. The Balaban J connectivity index is 2.71. The van der Waals surface area contributed by atoms with Crippen LogP contribution in [0.1, 0.15) is 60.8 Å². The van der Waals surface area contributed by atoms with Crippen molar-refractivity contribution in [1.29, 1.82) is 0 Å². The first-order valence-corrected chi connectivity index (χ1v) is 7.92. The van der Waals surface area contributed by atoms with E-state index in [1.165, 1.54) is 12.8 Å². The van der Waals surface area contributed by atoms with Gasteiger partial charge in [0.15, 0.2) is 0 Å². The first-order valence-electron chi connectivity index (χ1n) is 7.92. The van der Waals surface area contributed by atoms with Crippen LogP contribution in [0.25, 0.3) is 0 Å². The molecule has 0 aromatic heterocycles. The van der Waals surface area contributed by atoms with E-state index < -0.39 is 11.5 Å². The molecule has 4 heteroatoms. The van der Waals surface area contributed by atoms with E-state index in [9.17, 15) is 9.90 Å². The molecule has 0 bridgehead atoms. The number of rotatable bonds is 9. The van der Waals surface area contributed by atoms with Crippen LogP contribution in [0.15, 0.2) is 0 Å². The monoisotopic (exact) mass is 284 g/mol. The number of carboxylic acid groups (broad SMARTS) is 1. The molecule has 4 nitrogen and oxygen atoms in total. The zero-order chi connectivity index (χ0) is 15.5. The predicted molar refractivity (Wildman–Crippen MR) is 83.0 cm³/mol. The maximum absolute atomic E-state index is 11.6. The van der Waals surface area contributed by atoms with Gasteiger partial charge in [0.05, 0.1) is 0 Å². The number of carbonyl (C=O) groups is 1. The van der Waals surface area contributed by atoms with Gasteiger partial charge in [0.2, 0.25) is 0 Å². The molecule has 2 atom stereocenters. The minimum Gasteiger partial charge on any atom is -0.480 e. The van der Waals surface area contributed by atoms with E-state index in [1.807, 2.05) is 20.8 Å². The van der Waals surface area contributed by atoms with Gasteiger partial charge in [-0.15, -0.1) is 0 Å². The zero-order valence-electron chi connectivity index (χ0n) is 13.9. The quantitative estimate of drug-likeness (QED) is 0.683. The van der Waals surface area contributed by atoms with Gasteiger partial charge in [0.25, 0.3) is 0 Å². The summed E-state index contributed by atoms with van der Waals surface area (Å²) < 4.78 is 0. The van der Waals surface area contributed by atoms with Gasteiger partial charge >= 0.3 is 5.97 Å². The number of carboxylic acids is 1. The van der Waals surface area contributed by atoms with Crippen molar-refractivity contribution >= 4 is 5.97 Å². The fourth-order valence-electron chi connectivity index (χ4n) is 3.05. The molecule has 2 unspecified atom stereocenters. The summed E-state index contributed by atoms with van der Waals surface area (Å²) >= 11 is 0. The van der Waals surface area contributed by atoms with Crippen molar-refractivity contribution in [2.24, 2.45) is 5.92 Å². The molecule has 0 aliphatic heterocycles. The molecule has 1 saturated carbocycles. The minimum absolute atomic E-state index is 0.166. The van der Waals surface area contributed by atoms with Crippen molar-refractivity contribution in [3.8, 4) is 0 Å². The molecule has 1 aliphatic rings. The van der Waals surface area contributed by atoms with E-state index >= 15 is 0 Å². The van der Waals surface area contributed by atoms with Crippen LogP contribution < -0.4 is 5.32 Å². The molecular formula is C16H32N2O2. The summed E-state index contributed by atoms with van der Waals surface area (Å²) in [7, 11) is 0. The number of aliphatic carboxylic acids is 1. The van der Waals surface area contributed by atoms with Crippen LogP contribution in [0.3, 0.4) is 0 Å². The average molecular weight is 284 g/mol. The van der Waals surface area contributed by atoms with Crippen LogP contribution in [0, 0.1) is 5.92 Å². The van der Waals surface area contributed by atoms with Gasteiger partial charge in [-0.1, -0.05) is 0 Å². The highest BCUT2D eigenvalue weighted by atomic mass is 16.4. The molecule has 20 heavy (non-hydrogen) atoms. The smallest absolute Gasteiger partial charge is 0.323 e. The molecule has 0 aromatic carbocycles. The summed E-state index contributed by atoms with van der Waals surface area (Å²) in [6.45, 7) is 13.5. The Morgan fingerprint density at radius 2 is 1.85 bits per heavy atom. The highest BCUT2D eigenvalue weighted by Crippen LogP contribution is 2.32. The minimum atomic E-state index is -0.857. The van der Waals surface area contributed by atoms with Crippen molar-refractivity contribution in [3.63, 3.8) is 0 Å². The summed E-state index contributed by atoms with van der Waals surface area (Å²) in [4.78, 5) is 14.1. The van der Waals surface area contributed by atoms with E-state index in [0.717, 1.165) is 12.5 Å². The summed E-state index contributed by atoms with van der Waals surface area (Å²) in [5.41, 5.74) is -0.857. The molecule has 2 N–H and O–H groups in total. The first-order chi connectivity index (χ1) is 9.15. The normalized spacial score (nSPS) is 20.4. The van der Waals surface area contributed by atoms with Crippen LogP contribution in [0.4, 0.5) is 0 Å². The maximum Gasteiger partial charge on any atom is 0.323 e. The average Bonchev–Trinajstić information content (AvgIpc) is 3.07. The molecule has 0 aromatic rings. The molecule has 1 aliphatic carbocycles. The molecule has 0 amide bonds. The number of nitrogens with zero attached hydrogens (tertiary/aromatic N) is 1. The third-order valence-electron chi connectivity index (χ3n) is 4.18. The van der Waals surface area contributed by atoms with Gasteiger partial charge in [0, 0.05) is 24.7 Å². The summed E-state index contributed by atoms with van der Waals surface area (Å²) in [5.74, 6) is 0.0715. The summed E-state index contributed by atoms with van der Waals surface area (Å²) in [6.07, 6.45) is 3.29. The lowest BCUT2D eigenvalue weighted by Gasteiger charge is -2.38. The Morgan fingerprint density at radius 3 is 2.20 bits per heavy atom. The largest absolute Gasteiger partial charge is 0.480 e. The zero-order valence-corrected chi connectivity index (χ0v) is 13.9. The lowest BCUT2D eigenvalue weighted by molar-refractivity contribution is -0.145. The Bertz CT molecular complexity index is 326. The maximum atomic E-state index is 11.6. The van der Waals surface area contributed by atoms with Crippen molar-refractivity contribution in [2.75, 3.05) is 6.54 Å². The summed E-state index contributed by atoms with van der Waals surface area (Å²) in [6, 6.07) is 0.893. The second kappa shape index (κ2) is 6.90. The van der Waals surface area contributed by atoms with Gasteiger partial charge in [-0.25, -0.2) is 0 Å². The second-order valence-corrected chi connectivity index (χ2v) is 7.22. The highest BCUT2D eigenvalue weighted by molar-refractivity contribution is 5.78. The Labute approximate surface area is 123 Å². The molecular weight excluding hydrogens is 252 g/mol. The van der Waals surface area contributed by atoms with Crippen LogP contribution in [-0.4, -0.2) is 46.2 Å². The molecule has 1 fully saturated rings. The first kappa shape index (κ1) is 17.4. The Hall–Kier alpha value is -0.610. The molecule has 1 rings (SSSR count). The third-order valence-corrected chi connectivity index (χ3v) is 4.18. The topological polar surface area (TPSA) is 52.6 Å². The molecule has 0 radical (unpaired) electrons. The summed E-state index contributed by atoms with van der Waals surface area (Å²) in [5, 5.41) is 12.8. The Kier molecular flexibility index (Phi) is 6.02. The van der Waals surface area contributed by atoms with Crippen molar-refractivity contribution < 1.29 is 9.90 Å². The van der Waals surface area contributed by atoms with Gasteiger partial charge in [-0.3, -0.25) is 15.0 Å². The molecule has 118 valence electrons. The third kappa shape index (κ3) is 5.06. The van der Waals surface area contributed by atoms with E-state index in [0.29, 0.717) is 12.5 Å². The van der Waals surface area contributed by atoms with Crippen molar-refractivity contribution in [1.82, 2.24) is 10.2 Å². The number of hydrogen-bond acceptors (Lipinski definition) is 3. The van der Waals surface area contributed by atoms with E-state index in [-0.39, 0.29) is 12.1 Å². The van der Waals surface area contributed by atoms with E-state index in [4.69, 9.17) is 0 Å². The van der Waals surface area contributed by atoms with Crippen molar-refractivity contribution in [2.45, 2.75) is 84.5 Å². The second-order valence-electron chi connectivity index (χ2n) is 7.22. The molecule has 0 spiro atoms. The van der Waals surface area contributed by atoms with Crippen LogP contribution in [-0.2, 0) is 4.79 Å². The van der Waals surface area contributed by atoms with E-state index in [2.05, 4.69) is 31.0 Å². The molecule has 0 heterocycles. The van der Waals surface area contributed by atoms with Crippen LogP contribution >= 0.6 is 0 Å². The van der Waals surface area contributed by atoms with Gasteiger partial charge in [0.1, 0.15) is 5.54 Å². The van der Waals surface area contributed by atoms with Gasteiger partial charge in [-0.2, -0.15) is 0 Å². The van der Waals surface area contributed by atoms with E-state index in [1.54, 1.807) is 0 Å². The number of nitrogens with one attached hydrogen (secondary N) is 1.